The third-order valence-corrected chi connectivity index (χ3v) is 7.96. The van der Waals surface area contributed by atoms with Gasteiger partial charge in [0.2, 0.25) is 0 Å². The Hall–Kier alpha value is -2.64. The van der Waals surface area contributed by atoms with Gasteiger partial charge < -0.3 is 15.2 Å². The Balaban J connectivity index is 1.74. The molecule has 1 amide bonds. The van der Waals surface area contributed by atoms with Crippen LogP contribution in [0.3, 0.4) is 0 Å². The molecule has 7 heteroatoms. The number of amides is 1. The number of anilines is 1. The number of rotatable bonds is 5. The van der Waals surface area contributed by atoms with Gasteiger partial charge in [0.25, 0.3) is 5.91 Å². The van der Waals surface area contributed by atoms with E-state index in [9.17, 15) is 9.90 Å². The number of nitrogens with one attached hydrogen (secondary N) is 1. The lowest BCUT2D eigenvalue weighted by atomic mass is 9.72. The molecule has 3 aromatic rings. The summed E-state index contributed by atoms with van der Waals surface area (Å²) in [5, 5.41) is 14.2. The van der Waals surface area contributed by atoms with E-state index in [-0.39, 0.29) is 17.1 Å². The first kappa shape index (κ1) is 24.5. The molecule has 4 rings (SSSR count). The highest BCUT2D eigenvalue weighted by atomic mass is 79.9. The molecule has 0 spiro atoms. The summed E-state index contributed by atoms with van der Waals surface area (Å²) in [4.78, 5) is 19.4. The fraction of sp³-hybridized carbons (Fsp3) is 0.333. The van der Waals surface area contributed by atoms with E-state index in [0.29, 0.717) is 27.8 Å². The van der Waals surface area contributed by atoms with Crippen molar-refractivity contribution in [3.8, 4) is 11.5 Å². The molecule has 0 fully saturated rings. The lowest BCUT2D eigenvalue weighted by Gasteiger charge is -2.33. The molecular weight excluding hydrogens is 512 g/mol. The van der Waals surface area contributed by atoms with Gasteiger partial charge in [-0.2, -0.15) is 0 Å². The molecule has 5 nitrogen and oxygen atoms in total. The van der Waals surface area contributed by atoms with Crippen molar-refractivity contribution in [3.63, 3.8) is 0 Å². The van der Waals surface area contributed by atoms with E-state index in [1.807, 2.05) is 30.3 Å². The number of nitrogens with zero attached hydrogens (tertiary/aromatic N) is 1. The van der Waals surface area contributed by atoms with Crippen molar-refractivity contribution in [3.05, 3.63) is 68.5 Å². The number of phenolic OH excluding ortho intramolecular Hbond substituents is 1. The predicted octanol–water partition coefficient (Wildman–Crippen LogP) is 7.38. The zero-order valence-electron chi connectivity index (χ0n) is 19.8. The average molecular weight is 542 g/mol. The smallest absolute Gasteiger partial charge is 0.259 e. The summed E-state index contributed by atoms with van der Waals surface area (Å²) < 4.78 is 6.02. The number of halogens is 1. The molecule has 0 unspecified atom stereocenters. The summed E-state index contributed by atoms with van der Waals surface area (Å²) in [5.74, 6) is 0.773. The van der Waals surface area contributed by atoms with E-state index in [1.54, 1.807) is 29.7 Å². The van der Waals surface area contributed by atoms with Gasteiger partial charge in [-0.25, -0.2) is 4.99 Å². The zero-order valence-corrected chi connectivity index (χ0v) is 22.2. The summed E-state index contributed by atoms with van der Waals surface area (Å²) in [5.41, 5.74) is 3.20. The van der Waals surface area contributed by atoms with Gasteiger partial charge in [0.15, 0.2) is 11.5 Å². The number of hydrogen-bond donors (Lipinski definition) is 2. The standard InChI is InChI=1S/C27H29BrN2O3S/c1-27(2,3)17-10-11-20-22(13-17)34-26(23(20)25(32)30-19-8-6-5-7-9-19)29-15-16-12-18(28)14-21(33-4)24(16)31/h5-9,12,14-15,17,31H,10-11,13H2,1-4H3,(H,30,32)/t17-/m1/s1. The number of hydrogen-bond acceptors (Lipinski definition) is 5. The topological polar surface area (TPSA) is 70.9 Å². The molecule has 0 aliphatic heterocycles. The van der Waals surface area contributed by atoms with Gasteiger partial charge in [-0.05, 0) is 60.4 Å². The number of phenols is 1. The van der Waals surface area contributed by atoms with Crippen LogP contribution in [0.2, 0.25) is 0 Å². The Morgan fingerprint density at radius 1 is 1.26 bits per heavy atom. The molecule has 1 heterocycles. The second kappa shape index (κ2) is 9.92. The second-order valence-electron chi connectivity index (χ2n) is 9.61. The molecule has 1 aliphatic carbocycles. The third kappa shape index (κ3) is 5.20. The van der Waals surface area contributed by atoms with Gasteiger partial charge in [-0.15, -0.1) is 11.3 Å². The monoisotopic (exact) mass is 540 g/mol. The minimum atomic E-state index is -0.152. The van der Waals surface area contributed by atoms with Gasteiger partial charge >= 0.3 is 0 Å². The zero-order chi connectivity index (χ0) is 24.5. The predicted molar refractivity (Wildman–Crippen MR) is 143 cm³/mol. The van der Waals surface area contributed by atoms with Crippen molar-refractivity contribution in [2.45, 2.75) is 40.0 Å². The summed E-state index contributed by atoms with van der Waals surface area (Å²) in [6.07, 6.45) is 4.45. The summed E-state index contributed by atoms with van der Waals surface area (Å²) in [7, 11) is 1.51. The average Bonchev–Trinajstić information content (AvgIpc) is 3.17. The number of thiophene rings is 1. The summed E-state index contributed by atoms with van der Waals surface area (Å²) in [6.45, 7) is 6.84. The minimum Gasteiger partial charge on any atom is -0.504 e. The van der Waals surface area contributed by atoms with Crippen molar-refractivity contribution in [2.24, 2.45) is 16.3 Å². The number of carbonyl (C=O) groups is 1. The van der Waals surface area contributed by atoms with E-state index in [4.69, 9.17) is 9.73 Å². The quantitative estimate of drug-likeness (QED) is 0.331. The third-order valence-electron chi connectivity index (χ3n) is 6.34. The van der Waals surface area contributed by atoms with Gasteiger partial charge in [0.05, 0.1) is 12.7 Å². The molecule has 2 N–H and O–H groups in total. The molecule has 0 radical (unpaired) electrons. The highest BCUT2D eigenvalue weighted by Gasteiger charge is 2.33. The molecule has 1 aromatic heterocycles. The van der Waals surface area contributed by atoms with Crippen molar-refractivity contribution in [1.82, 2.24) is 0 Å². The van der Waals surface area contributed by atoms with Crippen LogP contribution in [0.1, 0.15) is 53.6 Å². The van der Waals surface area contributed by atoms with Crippen LogP contribution in [0.4, 0.5) is 10.7 Å². The maximum atomic E-state index is 13.4. The SMILES string of the molecule is COc1cc(Br)cc(C=Nc2sc3c(c2C(=O)Nc2ccccc2)CC[C@@H](C(C)(C)C)C3)c1O. The normalized spacial score (nSPS) is 15.9. The number of aliphatic imine (C=N–C) groups is 1. The first-order valence-corrected chi connectivity index (χ1v) is 12.9. The van der Waals surface area contributed by atoms with E-state index in [2.05, 4.69) is 42.0 Å². The van der Waals surface area contributed by atoms with Crippen LogP contribution in [-0.2, 0) is 12.8 Å². The maximum absolute atomic E-state index is 13.4. The molecule has 0 saturated heterocycles. The fourth-order valence-electron chi connectivity index (χ4n) is 4.33. The molecule has 0 saturated carbocycles. The Bertz CT molecular complexity index is 1230. The number of ether oxygens (including phenoxy) is 1. The van der Waals surface area contributed by atoms with Crippen molar-refractivity contribution < 1.29 is 14.6 Å². The van der Waals surface area contributed by atoms with Gasteiger partial charge in [0, 0.05) is 26.8 Å². The Kier molecular flexibility index (Phi) is 7.14. The van der Waals surface area contributed by atoms with Crippen LogP contribution in [0.15, 0.2) is 51.9 Å². The highest BCUT2D eigenvalue weighted by Crippen LogP contribution is 2.45. The van der Waals surface area contributed by atoms with E-state index in [0.717, 1.165) is 35.0 Å². The highest BCUT2D eigenvalue weighted by molar-refractivity contribution is 9.10. The summed E-state index contributed by atoms with van der Waals surface area (Å²) >= 11 is 5.02. The number of benzene rings is 2. The van der Waals surface area contributed by atoms with Crippen LogP contribution >= 0.6 is 27.3 Å². The molecule has 1 atom stereocenters. The number of carbonyl (C=O) groups excluding carboxylic acids is 1. The van der Waals surface area contributed by atoms with Gasteiger partial charge in [-0.1, -0.05) is 54.9 Å². The molecule has 178 valence electrons. The van der Waals surface area contributed by atoms with Gasteiger partial charge in [0.1, 0.15) is 5.00 Å². The molecule has 0 bridgehead atoms. The summed E-state index contributed by atoms with van der Waals surface area (Å²) in [6, 6.07) is 12.9. The first-order chi connectivity index (χ1) is 16.2. The van der Waals surface area contributed by atoms with Crippen LogP contribution < -0.4 is 10.1 Å². The lowest BCUT2D eigenvalue weighted by Crippen LogP contribution is -2.27. The molecular formula is C27H29BrN2O3S. The first-order valence-electron chi connectivity index (χ1n) is 11.3. The largest absolute Gasteiger partial charge is 0.504 e. The number of fused-ring (bicyclic) bond motifs is 1. The second-order valence-corrected chi connectivity index (χ2v) is 11.6. The van der Waals surface area contributed by atoms with E-state index < -0.39 is 0 Å². The Morgan fingerprint density at radius 3 is 2.68 bits per heavy atom. The van der Waals surface area contributed by atoms with Crippen LogP contribution in [0.5, 0.6) is 11.5 Å². The van der Waals surface area contributed by atoms with Gasteiger partial charge in [-0.3, -0.25) is 4.79 Å². The van der Waals surface area contributed by atoms with Crippen LogP contribution in [0, 0.1) is 11.3 Å². The number of para-hydroxylation sites is 1. The molecule has 1 aliphatic rings. The lowest BCUT2D eigenvalue weighted by molar-refractivity contribution is 0.102. The molecule has 2 aromatic carbocycles. The van der Waals surface area contributed by atoms with Crippen LogP contribution in [0.25, 0.3) is 0 Å². The Labute approximate surface area is 213 Å². The number of aromatic hydroxyl groups is 1. The van der Waals surface area contributed by atoms with Crippen molar-refractivity contribution >= 4 is 50.1 Å². The maximum Gasteiger partial charge on any atom is 0.259 e. The fourth-order valence-corrected chi connectivity index (χ4v) is 6.05. The van der Waals surface area contributed by atoms with Crippen molar-refractivity contribution in [1.29, 1.82) is 0 Å². The number of methoxy groups -OCH3 is 1. The van der Waals surface area contributed by atoms with E-state index in [1.165, 1.54) is 12.0 Å². The minimum absolute atomic E-state index is 0.0128. The van der Waals surface area contributed by atoms with Crippen LogP contribution in [-0.4, -0.2) is 24.3 Å². The van der Waals surface area contributed by atoms with Crippen molar-refractivity contribution in [2.75, 3.05) is 12.4 Å². The molecule has 34 heavy (non-hydrogen) atoms. The van der Waals surface area contributed by atoms with E-state index >= 15 is 0 Å². The Morgan fingerprint density at radius 2 is 2.00 bits per heavy atom.